The predicted octanol–water partition coefficient (Wildman–Crippen LogP) is 4.59. The number of ether oxygens (including phenoxy) is 2. The topological polar surface area (TPSA) is 72.5 Å². The molecule has 7 heteroatoms. The Hall–Kier alpha value is -3.25. The van der Waals surface area contributed by atoms with E-state index in [0.29, 0.717) is 28.0 Å². The summed E-state index contributed by atoms with van der Waals surface area (Å²) >= 11 is 6.05. The van der Waals surface area contributed by atoms with Gasteiger partial charge in [-0.25, -0.2) is 0 Å². The molecular weight excluding hydrogens is 366 g/mol. The number of pyridine rings is 1. The Kier molecular flexibility index (Phi) is 6.12. The third-order valence-electron chi connectivity index (χ3n) is 3.63. The highest BCUT2D eigenvalue weighted by Gasteiger charge is 2.06. The lowest BCUT2D eigenvalue weighted by molar-refractivity contribution is -0.114. The number of hydrogen-bond acceptors (Lipinski definition) is 5. The highest BCUT2D eigenvalue weighted by atomic mass is 35.5. The van der Waals surface area contributed by atoms with Crippen LogP contribution in [0.1, 0.15) is 0 Å². The summed E-state index contributed by atoms with van der Waals surface area (Å²) in [4.78, 5) is 16.0. The molecule has 0 unspecified atom stereocenters. The Morgan fingerprint density at radius 2 is 1.67 bits per heavy atom. The molecule has 0 aliphatic heterocycles. The van der Waals surface area contributed by atoms with Crippen molar-refractivity contribution in [2.45, 2.75) is 0 Å². The molecule has 0 saturated heterocycles. The van der Waals surface area contributed by atoms with Gasteiger partial charge in [0.2, 0.25) is 5.91 Å². The molecule has 0 radical (unpaired) electrons. The molecule has 0 fully saturated rings. The van der Waals surface area contributed by atoms with Crippen molar-refractivity contribution in [3.8, 4) is 17.2 Å². The number of halogens is 1. The Morgan fingerprint density at radius 1 is 1.00 bits per heavy atom. The molecule has 0 saturated carbocycles. The van der Waals surface area contributed by atoms with Crippen LogP contribution in [0.5, 0.6) is 17.2 Å². The molecule has 2 aromatic carbocycles. The van der Waals surface area contributed by atoms with Gasteiger partial charge in [0.1, 0.15) is 17.2 Å². The third kappa shape index (κ3) is 5.36. The summed E-state index contributed by atoms with van der Waals surface area (Å²) in [5, 5.41) is 6.27. The number of carbonyl (C=O) groups excluding carboxylic acids is 1. The summed E-state index contributed by atoms with van der Waals surface area (Å²) in [6.45, 7) is 0.119. The number of nitrogens with one attached hydrogen (secondary N) is 2. The van der Waals surface area contributed by atoms with Crippen LogP contribution in [0.25, 0.3) is 0 Å². The van der Waals surface area contributed by atoms with Crippen molar-refractivity contribution in [3.05, 3.63) is 72.0 Å². The van der Waals surface area contributed by atoms with E-state index in [1.165, 1.54) is 7.11 Å². The number of aromatic nitrogens is 1. The molecule has 0 atom stereocenters. The Balaban J connectivity index is 1.50. The first kappa shape index (κ1) is 18.5. The van der Waals surface area contributed by atoms with Crippen molar-refractivity contribution in [1.29, 1.82) is 0 Å². The first-order chi connectivity index (χ1) is 13.1. The van der Waals surface area contributed by atoms with E-state index < -0.39 is 0 Å². The third-order valence-corrected chi connectivity index (χ3v) is 3.92. The van der Waals surface area contributed by atoms with Crippen molar-refractivity contribution in [1.82, 2.24) is 4.98 Å². The molecule has 0 spiro atoms. The quantitative estimate of drug-likeness (QED) is 0.624. The van der Waals surface area contributed by atoms with E-state index in [9.17, 15) is 4.79 Å². The minimum Gasteiger partial charge on any atom is -0.495 e. The van der Waals surface area contributed by atoms with Crippen LogP contribution >= 0.6 is 11.6 Å². The molecule has 0 aliphatic carbocycles. The summed E-state index contributed by atoms with van der Waals surface area (Å²) in [6.07, 6.45) is 3.33. The molecule has 27 heavy (non-hydrogen) atoms. The summed E-state index contributed by atoms with van der Waals surface area (Å²) in [6, 6.07) is 16.0. The molecule has 3 aromatic rings. The van der Waals surface area contributed by atoms with Gasteiger partial charge in [-0.1, -0.05) is 11.6 Å². The van der Waals surface area contributed by atoms with Gasteiger partial charge in [0, 0.05) is 23.8 Å². The summed E-state index contributed by atoms with van der Waals surface area (Å²) < 4.78 is 10.8. The highest BCUT2D eigenvalue weighted by molar-refractivity contribution is 6.32. The van der Waals surface area contributed by atoms with Crippen LogP contribution in [0.4, 0.5) is 11.4 Å². The SMILES string of the molecule is COc1ccc(NC(=O)CNc2ccc(Oc3ccncc3)cc2)cc1Cl. The van der Waals surface area contributed by atoms with E-state index in [2.05, 4.69) is 15.6 Å². The second kappa shape index (κ2) is 8.91. The number of benzene rings is 2. The number of anilines is 2. The van der Waals surface area contributed by atoms with Gasteiger partial charge in [-0.2, -0.15) is 0 Å². The zero-order valence-corrected chi connectivity index (χ0v) is 15.4. The van der Waals surface area contributed by atoms with Crippen LogP contribution < -0.4 is 20.1 Å². The Labute approximate surface area is 162 Å². The Morgan fingerprint density at radius 3 is 2.33 bits per heavy atom. The summed E-state index contributed by atoms with van der Waals surface area (Å²) in [5.41, 5.74) is 1.41. The van der Waals surface area contributed by atoms with Gasteiger partial charge in [0.15, 0.2) is 0 Å². The lowest BCUT2D eigenvalue weighted by atomic mass is 10.3. The maximum atomic E-state index is 12.1. The minimum atomic E-state index is -0.187. The molecule has 6 nitrogen and oxygen atoms in total. The first-order valence-electron chi connectivity index (χ1n) is 8.19. The predicted molar refractivity (Wildman–Crippen MR) is 106 cm³/mol. The molecule has 1 amide bonds. The van der Waals surface area contributed by atoms with E-state index in [0.717, 1.165) is 5.69 Å². The molecule has 3 rings (SSSR count). The van der Waals surface area contributed by atoms with Gasteiger partial charge in [-0.3, -0.25) is 9.78 Å². The monoisotopic (exact) mass is 383 g/mol. The van der Waals surface area contributed by atoms with Crippen molar-refractivity contribution < 1.29 is 14.3 Å². The smallest absolute Gasteiger partial charge is 0.243 e. The molecular formula is C20H18ClN3O3. The largest absolute Gasteiger partial charge is 0.495 e. The van der Waals surface area contributed by atoms with Crippen LogP contribution in [0, 0.1) is 0 Å². The van der Waals surface area contributed by atoms with Crippen LogP contribution in [0.3, 0.4) is 0 Å². The second-order valence-corrected chi connectivity index (χ2v) is 5.97. The van der Waals surface area contributed by atoms with Gasteiger partial charge in [-0.05, 0) is 54.6 Å². The van der Waals surface area contributed by atoms with Crippen LogP contribution in [0.15, 0.2) is 67.0 Å². The maximum Gasteiger partial charge on any atom is 0.243 e. The van der Waals surface area contributed by atoms with Crippen molar-refractivity contribution >= 4 is 28.9 Å². The van der Waals surface area contributed by atoms with E-state index in [4.69, 9.17) is 21.1 Å². The fourth-order valence-electron chi connectivity index (χ4n) is 2.31. The molecule has 1 heterocycles. The van der Waals surface area contributed by atoms with E-state index in [1.807, 2.05) is 24.3 Å². The fraction of sp³-hybridized carbons (Fsp3) is 0.100. The Bertz CT molecular complexity index is 902. The molecule has 2 N–H and O–H groups in total. The summed E-state index contributed by atoms with van der Waals surface area (Å²) in [5.74, 6) is 1.78. The summed E-state index contributed by atoms with van der Waals surface area (Å²) in [7, 11) is 1.54. The lowest BCUT2D eigenvalue weighted by Crippen LogP contribution is -2.21. The zero-order valence-electron chi connectivity index (χ0n) is 14.6. The van der Waals surface area contributed by atoms with Crippen LogP contribution in [-0.2, 0) is 4.79 Å². The maximum absolute atomic E-state index is 12.1. The fourth-order valence-corrected chi connectivity index (χ4v) is 2.57. The first-order valence-corrected chi connectivity index (χ1v) is 8.57. The number of methoxy groups -OCH3 is 1. The van der Waals surface area contributed by atoms with Crippen molar-refractivity contribution in [2.75, 3.05) is 24.3 Å². The number of hydrogen-bond donors (Lipinski definition) is 2. The standard InChI is InChI=1S/C20H18ClN3O3/c1-26-19-7-4-15(12-18(19)21)24-20(25)13-23-14-2-5-16(6-3-14)27-17-8-10-22-11-9-17/h2-12,23H,13H2,1H3,(H,24,25). The van der Waals surface area contributed by atoms with Crippen LogP contribution in [-0.4, -0.2) is 24.5 Å². The average molecular weight is 384 g/mol. The average Bonchev–Trinajstić information content (AvgIpc) is 2.68. The van der Waals surface area contributed by atoms with Gasteiger partial charge < -0.3 is 20.1 Å². The number of carbonyl (C=O) groups is 1. The highest BCUT2D eigenvalue weighted by Crippen LogP contribution is 2.27. The van der Waals surface area contributed by atoms with Gasteiger partial charge >= 0.3 is 0 Å². The van der Waals surface area contributed by atoms with Crippen molar-refractivity contribution in [2.24, 2.45) is 0 Å². The zero-order chi connectivity index (χ0) is 19.1. The molecule has 0 aliphatic rings. The van der Waals surface area contributed by atoms with Gasteiger partial charge in [0.05, 0.1) is 18.7 Å². The van der Waals surface area contributed by atoms with E-state index in [-0.39, 0.29) is 12.5 Å². The molecule has 1 aromatic heterocycles. The van der Waals surface area contributed by atoms with E-state index >= 15 is 0 Å². The normalized spacial score (nSPS) is 10.1. The minimum absolute atomic E-state index is 0.119. The number of nitrogens with zero attached hydrogens (tertiary/aromatic N) is 1. The van der Waals surface area contributed by atoms with E-state index in [1.54, 1.807) is 42.7 Å². The van der Waals surface area contributed by atoms with Crippen molar-refractivity contribution in [3.63, 3.8) is 0 Å². The number of amides is 1. The van der Waals surface area contributed by atoms with Crippen LogP contribution in [0.2, 0.25) is 5.02 Å². The van der Waals surface area contributed by atoms with Gasteiger partial charge in [0.25, 0.3) is 0 Å². The second-order valence-electron chi connectivity index (χ2n) is 5.56. The molecule has 138 valence electrons. The molecule has 0 bridgehead atoms. The lowest BCUT2D eigenvalue weighted by Gasteiger charge is -2.10. The number of rotatable bonds is 7. The van der Waals surface area contributed by atoms with Gasteiger partial charge in [-0.15, -0.1) is 0 Å².